The lowest BCUT2D eigenvalue weighted by Crippen LogP contribution is -2.17. The number of carbonyl (C=O) groups is 1. The van der Waals surface area contributed by atoms with E-state index in [0.717, 1.165) is 9.77 Å². The van der Waals surface area contributed by atoms with Gasteiger partial charge in [-0.15, -0.1) is 0 Å². The van der Waals surface area contributed by atoms with Crippen LogP contribution in [0.3, 0.4) is 0 Å². The minimum atomic E-state index is -3.65. The van der Waals surface area contributed by atoms with Crippen molar-refractivity contribution >= 4 is 50.0 Å². The van der Waals surface area contributed by atoms with Gasteiger partial charge in [0.2, 0.25) is 15.0 Å². The van der Waals surface area contributed by atoms with E-state index in [1.807, 2.05) is 0 Å². The number of esters is 1. The van der Waals surface area contributed by atoms with E-state index in [0.29, 0.717) is 12.2 Å². The van der Waals surface area contributed by atoms with Crippen molar-refractivity contribution in [2.45, 2.75) is 18.5 Å². The van der Waals surface area contributed by atoms with Crippen molar-refractivity contribution in [3.05, 3.63) is 44.7 Å². The molecule has 0 saturated carbocycles. The molecule has 23 heavy (non-hydrogen) atoms. The van der Waals surface area contributed by atoms with Crippen LogP contribution in [0.5, 0.6) is 5.75 Å². The van der Waals surface area contributed by atoms with Gasteiger partial charge in [0.25, 0.3) is 0 Å². The van der Waals surface area contributed by atoms with E-state index in [4.69, 9.17) is 16.3 Å². The molecule has 0 fully saturated rings. The summed E-state index contributed by atoms with van der Waals surface area (Å²) in [6.07, 6.45) is 1.50. The first-order valence-corrected chi connectivity index (χ1v) is 9.67. The SMILES string of the molecule is CCCS(=O)(=O)c1ncc(Cl)c(C(=O)Oc2ccc(I)cc2)n1. The van der Waals surface area contributed by atoms with Crippen LogP contribution in [0.25, 0.3) is 0 Å². The Hall–Kier alpha value is -1.26. The van der Waals surface area contributed by atoms with Gasteiger partial charge in [-0.05, 0) is 53.3 Å². The molecule has 6 nitrogen and oxygen atoms in total. The highest BCUT2D eigenvalue weighted by atomic mass is 127. The standard InChI is InChI=1S/C14H12ClIN2O4S/c1-2-7-23(20,21)14-17-8-11(15)12(18-14)13(19)22-10-5-3-9(16)4-6-10/h3-6,8H,2,7H2,1H3. The summed E-state index contributed by atoms with van der Waals surface area (Å²) < 4.78 is 30.1. The molecule has 0 saturated heterocycles. The van der Waals surface area contributed by atoms with Gasteiger partial charge >= 0.3 is 5.97 Å². The Labute approximate surface area is 152 Å². The van der Waals surface area contributed by atoms with Crippen LogP contribution in [0, 0.1) is 3.57 Å². The molecule has 1 aromatic heterocycles. The minimum absolute atomic E-state index is 0.0732. The third-order valence-electron chi connectivity index (χ3n) is 2.69. The Morgan fingerprint density at radius 3 is 2.57 bits per heavy atom. The maximum atomic E-state index is 12.2. The molecule has 2 rings (SSSR count). The number of nitrogens with zero attached hydrogens (tertiary/aromatic N) is 2. The normalized spacial score (nSPS) is 11.3. The van der Waals surface area contributed by atoms with Gasteiger partial charge in [-0.1, -0.05) is 18.5 Å². The lowest BCUT2D eigenvalue weighted by molar-refractivity contribution is 0.0727. The summed E-state index contributed by atoms with van der Waals surface area (Å²) in [5, 5.41) is -0.505. The predicted octanol–water partition coefficient (Wildman–Crippen LogP) is 3.14. The Bertz CT molecular complexity index is 825. The van der Waals surface area contributed by atoms with Gasteiger partial charge in [0.1, 0.15) is 5.75 Å². The smallest absolute Gasteiger partial charge is 0.364 e. The molecule has 2 aromatic rings. The molecular weight excluding hydrogens is 455 g/mol. The zero-order valence-corrected chi connectivity index (χ0v) is 15.7. The van der Waals surface area contributed by atoms with Crippen molar-refractivity contribution in [1.82, 2.24) is 9.97 Å². The summed E-state index contributed by atoms with van der Waals surface area (Å²) in [6.45, 7) is 1.72. The summed E-state index contributed by atoms with van der Waals surface area (Å²) in [4.78, 5) is 19.6. The topological polar surface area (TPSA) is 86.2 Å². The highest BCUT2D eigenvalue weighted by Gasteiger charge is 2.22. The molecule has 0 N–H and O–H groups in total. The van der Waals surface area contributed by atoms with Gasteiger partial charge in [-0.2, -0.15) is 0 Å². The van der Waals surface area contributed by atoms with Crippen LogP contribution in [-0.2, 0) is 9.84 Å². The van der Waals surface area contributed by atoms with Crippen molar-refractivity contribution in [1.29, 1.82) is 0 Å². The molecule has 0 aliphatic carbocycles. The van der Waals surface area contributed by atoms with E-state index in [1.54, 1.807) is 31.2 Å². The average Bonchev–Trinajstić information content (AvgIpc) is 2.49. The molecule has 0 radical (unpaired) electrons. The first kappa shape index (κ1) is 18.1. The van der Waals surface area contributed by atoms with Gasteiger partial charge in [0.15, 0.2) is 5.69 Å². The molecule has 0 atom stereocenters. The van der Waals surface area contributed by atoms with Crippen LogP contribution in [0.15, 0.2) is 35.6 Å². The second kappa shape index (κ2) is 7.54. The second-order valence-electron chi connectivity index (χ2n) is 4.51. The second-order valence-corrected chi connectivity index (χ2v) is 8.17. The number of carbonyl (C=O) groups excluding carboxylic acids is 1. The number of sulfone groups is 1. The summed E-state index contributed by atoms with van der Waals surface area (Å²) in [6, 6.07) is 6.76. The Balaban J connectivity index is 2.31. The third kappa shape index (κ3) is 4.61. The summed E-state index contributed by atoms with van der Waals surface area (Å²) >= 11 is 8.01. The van der Waals surface area contributed by atoms with Gasteiger partial charge in [-0.3, -0.25) is 0 Å². The molecule has 0 unspecified atom stereocenters. The third-order valence-corrected chi connectivity index (χ3v) is 5.39. The van der Waals surface area contributed by atoms with Gasteiger partial charge in [0, 0.05) is 3.57 Å². The summed E-state index contributed by atoms with van der Waals surface area (Å²) in [5.41, 5.74) is -0.283. The molecular formula is C14H12ClIN2O4S. The predicted molar refractivity (Wildman–Crippen MR) is 93.5 cm³/mol. The zero-order valence-electron chi connectivity index (χ0n) is 12.0. The number of hydrogen-bond donors (Lipinski definition) is 0. The fourth-order valence-electron chi connectivity index (χ4n) is 1.66. The van der Waals surface area contributed by atoms with Gasteiger partial charge in [0.05, 0.1) is 17.0 Å². The Kier molecular flexibility index (Phi) is 5.93. The lowest BCUT2D eigenvalue weighted by atomic mass is 10.3. The number of benzene rings is 1. The Morgan fingerprint density at radius 1 is 1.30 bits per heavy atom. The van der Waals surface area contributed by atoms with Gasteiger partial charge < -0.3 is 4.74 Å². The van der Waals surface area contributed by atoms with Crippen molar-refractivity contribution in [3.63, 3.8) is 0 Å². The molecule has 0 aliphatic rings. The first-order chi connectivity index (χ1) is 10.8. The number of halogens is 2. The van der Waals surface area contributed by atoms with Crippen molar-refractivity contribution < 1.29 is 17.9 Å². The minimum Gasteiger partial charge on any atom is -0.422 e. The van der Waals surface area contributed by atoms with E-state index in [2.05, 4.69) is 32.6 Å². The highest BCUT2D eigenvalue weighted by molar-refractivity contribution is 14.1. The Morgan fingerprint density at radius 2 is 1.96 bits per heavy atom. The van der Waals surface area contributed by atoms with Crippen molar-refractivity contribution in [3.8, 4) is 5.75 Å². The van der Waals surface area contributed by atoms with Crippen LogP contribution in [0.4, 0.5) is 0 Å². The van der Waals surface area contributed by atoms with Crippen LogP contribution in [-0.4, -0.2) is 30.1 Å². The maximum absolute atomic E-state index is 12.2. The molecule has 1 aromatic carbocycles. The number of ether oxygens (including phenoxy) is 1. The first-order valence-electron chi connectivity index (χ1n) is 6.56. The fraction of sp³-hybridized carbons (Fsp3) is 0.214. The molecule has 0 amide bonds. The number of hydrogen-bond acceptors (Lipinski definition) is 6. The average molecular weight is 467 g/mol. The van der Waals surface area contributed by atoms with Crippen LogP contribution in [0.1, 0.15) is 23.8 Å². The van der Waals surface area contributed by atoms with E-state index < -0.39 is 21.0 Å². The molecule has 122 valence electrons. The van der Waals surface area contributed by atoms with E-state index in [9.17, 15) is 13.2 Å². The van der Waals surface area contributed by atoms with E-state index >= 15 is 0 Å². The van der Waals surface area contributed by atoms with Crippen molar-refractivity contribution in [2.24, 2.45) is 0 Å². The summed E-state index contributed by atoms with van der Waals surface area (Å²) in [5.74, 6) is -0.644. The monoisotopic (exact) mass is 466 g/mol. The molecule has 9 heteroatoms. The van der Waals surface area contributed by atoms with E-state index in [-0.39, 0.29) is 16.5 Å². The molecule has 0 bridgehead atoms. The van der Waals surface area contributed by atoms with Gasteiger partial charge in [-0.25, -0.2) is 23.2 Å². The number of rotatable bonds is 5. The van der Waals surface area contributed by atoms with Crippen LogP contribution < -0.4 is 4.74 Å². The molecule has 0 aliphatic heterocycles. The van der Waals surface area contributed by atoms with E-state index in [1.165, 1.54) is 0 Å². The quantitative estimate of drug-likeness (QED) is 0.291. The fourth-order valence-corrected chi connectivity index (χ4v) is 3.35. The summed E-state index contributed by atoms with van der Waals surface area (Å²) in [7, 11) is -3.65. The maximum Gasteiger partial charge on any atom is 0.364 e. The zero-order chi connectivity index (χ0) is 17.0. The number of aromatic nitrogens is 2. The van der Waals surface area contributed by atoms with Crippen LogP contribution in [0.2, 0.25) is 5.02 Å². The molecule has 1 heterocycles. The van der Waals surface area contributed by atoms with Crippen molar-refractivity contribution in [2.75, 3.05) is 5.75 Å². The largest absolute Gasteiger partial charge is 0.422 e. The highest BCUT2D eigenvalue weighted by Crippen LogP contribution is 2.19. The molecule has 0 spiro atoms. The lowest BCUT2D eigenvalue weighted by Gasteiger charge is -2.07. The van der Waals surface area contributed by atoms with Crippen LogP contribution >= 0.6 is 34.2 Å².